The molecule has 0 spiro atoms. The SMILES string of the molecule is COC(=O)Cc1cc(C)c(C(F)F)nc1CN. The molecule has 0 aromatic carbocycles. The first-order valence-electron chi connectivity index (χ1n) is 5.04. The first kappa shape index (κ1) is 13.5. The van der Waals surface area contributed by atoms with Crippen LogP contribution in [-0.2, 0) is 22.5 Å². The molecular formula is C11H14F2N2O2. The maximum atomic E-state index is 12.6. The number of carbonyl (C=O) groups excluding carboxylic acids is 1. The molecule has 0 radical (unpaired) electrons. The number of nitrogens with two attached hydrogens (primary N) is 1. The van der Waals surface area contributed by atoms with Crippen molar-refractivity contribution in [3.8, 4) is 0 Å². The van der Waals surface area contributed by atoms with Gasteiger partial charge in [0.05, 0.1) is 19.2 Å². The summed E-state index contributed by atoms with van der Waals surface area (Å²) in [7, 11) is 1.26. The molecule has 0 bridgehead atoms. The highest BCUT2D eigenvalue weighted by atomic mass is 19.3. The molecule has 17 heavy (non-hydrogen) atoms. The van der Waals surface area contributed by atoms with Crippen LogP contribution in [0.1, 0.15) is 28.9 Å². The summed E-state index contributed by atoms with van der Waals surface area (Å²) in [6.07, 6.45) is -2.66. The van der Waals surface area contributed by atoms with Crippen LogP contribution in [0.15, 0.2) is 6.07 Å². The van der Waals surface area contributed by atoms with Gasteiger partial charge in [-0.2, -0.15) is 0 Å². The third-order valence-electron chi connectivity index (χ3n) is 2.38. The number of alkyl halides is 2. The van der Waals surface area contributed by atoms with E-state index < -0.39 is 12.4 Å². The summed E-state index contributed by atoms with van der Waals surface area (Å²) in [6.45, 7) is 1.53. The van der Waals surface area contributed by atoms with E-state index in [9.17, 15) is 13.6 Å². The van der Waals surface area contributed by atoms with E-state index in [2.05, 4.69) is 9.72 Å². The average Bonchev–Trinajstić information content (AvgIpc) is 2.28. The molecule has 1 heterocycles. The minimum atomic E-state index is -2.65. The molecule has 0 aliphatic carbocycles. The topological polar surface area (TPSA) is 65.2 Å². The normalized spacial score (nSPS) is 10.7. The summed E-state index contributed by atoms with van der Waals surface area (Å²) in [4.78, 5) is 14.9. The van der Waals surface area contributed by atoms with Gasteiger partial charge in [-0.3, -0.25) is 4.79 Å². The maximum absolute atomic E-state index is 12.6. The minimum absolute atomic E-state index is 0.00628. The molecule has 0 unspecified atom stereocenters. The molecule has 0 aliphatic rings. The fraction of sp³-hybridized carbons (Fsp3) is 0.455. The molecule has 1 rings (SSSR count). The Hall–Kier alpha value is -1.56. The van der Waals surface area contributed by atoms with E-state index in [-0.39, 0.29) is 18.7 Å². The summed E-state index contributed by atoms with van der Waals surface area (Å²) in [5.74, 6) is -0.453. The fourth-order valence-corrected chi connectivity index (χ4v) is 1.50. The lowest BCUT2D eigenvalue weighted by molar-refractivity contribution is -0.139. The molecule has 0 saturated carbocycles. The van der Waals surface area contributed by atoms with Gasteiger partial charge in [0, 0.05) is 6.54 Å². The number of halogens is 2. The first-order chi connectivity index (χ1) is 7.99. The van der Waals surface area contributed by atoms with Gasteiger partial charge in [-0.15, -0.1) is 0 Å². The zero-order valence-corrected chi connectivity index (χ0v) is 9.67. The molecular weight excluding hydrogens is 230 g/mol. The van der Waals surface area contributed by atoms with Crippen molar-refractivity contribution in [3.05, 3.63) is 28.6 Å². The molecule has 0 fully saturated rings. The molecule has 2 N–H and O–H groups in total. The van der Waals surface area contributed by atoms with E-state index in [1.807, 2.05) is 0 Å². The van der Waals surface area contributed by atoms with Crippen LogP contribution in [0.3, 0.4) is 0 Å². The number of hydrogen-bond donors (Lipinski definition) is 1. The van der Waals surface area contributed by atoms with Gasteiger partial charge in [-0.05, 0) is 18.1 Å². The van der Waals surface area contributed by atoms with Gasteiger partial charge in [-0.25, -0.2) is 13.8 Å². The second-order valence-corrected chi connectivity index (χ2v) is 3.55. The van der Waals surface area contributed by atoms with Crippen molar-refractivity contribution in [3.63, 3.8) is 0 Å². The number of ether oxygens (including phenoxy) is 1. The third kappa shape index (κ3) is 3.20. The number of methoxy groups -OCH3 is 1. The van der Waals surface area contributed by atoms with Gasteiger partial charge in [-0.1, -0.05) is 6.07 Å². The van der Waals surface area contributed by atoms with Gasteiger partial charge in [0.25, 0.3) is 6.43 Å². The summed E-state index contributed by atoms with van der Waals surface area (Å²) in [6, 6.07) is 1.51. The van der Waals surface area contributed by atoms with Crippen LogP contribution in [0.2, 0.25) is 0 Å². The van der Waals surface area contributed by atoms with Gasteiger partial charge >= 0.3 is 5.97 Å². The van der Waals surface area contributed by atoms with Crippen LogP contribution >= 0.6 is 0 Å². The smallest absolute Gasteiger partial charge is 0.310 e. The van der Waals surface area contributed by atoms with E-state index in [4.69, 9.17) is 5.73 Å². The highest BCUT2D eigenvalue weighted by Gasteiger charge is 2.17. The number of rotatable bonds is 4. The second-order valence-electron chi connectivity index (χ2n) is 3.55. The van der Waals surface area contributed by atoms with Gasteiger partial charge in [0.2, 0.25) is 0 Å². The van der Waals surface area contributed by atoms with Crippen LogP contribution in [0.4, 0.5) is 8.78 Å². The monoisotopic (exact) mass is 244 g/mol. The van der Waals surface area contributed by atoms with Crippen molar-refractivity contribution in [2.75, 3.05) is 7.11 Å². The number of esters is 1. The summed E-state index contributed by atoms with van der Waals surface area (Å²) in [5, 5.41) is 0. The second kappa shape index (κ2) is 5.67. The number of pyridine rings is 1. The van der Waals surface area contributed by atoms with Crippen molar-refractivity contribution in [2.45, 2.75) is 26.3 Å². The molecule has 1 aromatic heterocycles. The Kier molecular flexibility index (Phi) is 4.51. The summed E-state index contributed by atoms with van der Waals surface area (Å²) >= 11 is 0. The molecule has 1 aromatic rings. The summed E-state index contributed by atoms with van der Waals surface area (Å²) < 4.78 is 29.7. The van der Waals surface area contributed by atoms with Gasteiger partial charge < -0.3 is 10.5 Å². The number of aryl methyl sites for hydroxylation is 1. The Morgan fingerprint density at radius 3 is 2.71 bits per heavy atom. The van der Waals surface area contributed by atoms with Crippen LogP contribution in [0.5, 0.6) is 0 Å². The highest BCUT2D eigenvalue weighted by Crippen LogP contribution is 2.23. The van der Waals surface area contributed by atoms with Crippen LogP contribution in [0, 0.1) is 6.92 Å². The number of nitrogens with zero attached hydrogens (tertiary/aromatic N) is 1. The Morgan fingerprint density at radius 1 is 1.59 bits per heavy atom. The predicted octanol–water partition coefficient (Wildman–Crippen LogP) is 1.50. The largest absolute Gasteiger partial charge is 0.469 e. The zero-order valence-electron chi connectivity index (χ0n) is 9.67. The van der Waals surface area contributed by atoms with Gasteiger partial charge in [0.15, 0.2) is 0 Å². The molecule has 0 saturated heterocycles. The quantitative estimate of drug-likeness (QED) is 0.815. The van der Waals surface area contributed by atoms with E-state index in [1.54, 1.807) is 0 Å². The van der Waals surface area contributed by atoms with Crippen LogP contribution in [0.25, 0.3) is 0 Å². The van der Waals surface area contributed by atoms with Crippen molar-refractivity contribution < 1.29 is 18.3 Å². The molecule has 6 heteroatoms. The lowest BCUT2D eigenvalue weighted by Crippen LogP contribution is -2.13. The minimum Gasteiger partial charge on any atom is -0.469 e. The lowest BCUT2D eigenvalue weighted by Gasteiger charge is -2.11. The lowest BCUT2D eigenvalue weighted by atomic mass is 10.1. The number of aromatic nitrogens is 1. The third-order valence-corrected chi connectivity index (χ3v) is 2.38. The molecule has 0 amide bonds. The molecule has 0 aliphatic heterocycles. The van der Waals surface area contributed by atoms with Gasteiger partial charge in [0.1, 0.15) is 5.69 Å². The Morgan fingerprint density at radius 2 is 2.24 bits per heavy atom. The first-order valence-corrected chi connectivity index (χ1v) is 5.04. The number of carbonyl (C=O) groups is 1. The van der Waals surface area contributed by atoms with E-state index in [0.29, 0.717) is 16.8 Å². The van der Waals surface area contributed by atoms with E-state index in [0.717, 1.165) is 0 Å². The van der Waals surface area contributed by atoms with Crippen molar-refractivity contribution >= 4 is 5.97 Å². The van der Waals surface area contributed by atoms with E-state index in [1.165, 1.54) is 20.1 Å². The molecule has 4 nitrogen and oxygen atoms in total. The molecule has 94 valence electrons. The van der Waals surface area contributed by atoms with Crippen LogP contribution < -0.4 is 5.73 Å². The predicted molar refractivity (Wildman–Crippen MR) is 57.5 cm³/mol. The van der Waals surface area contributed by atoms with Crippen LogP contribution in [-0.4, -0.2) is 18.1 Å². The Balaban J connectivity index is 3.14. The van der Waals surface area contributed by atoms with Crippen molar-refractivity contribution in [1.29, 1.82) is 0 Å². The molecule has 0 atom stereocenters. The highest BCUT2D eigenvalue weighted by molar-refractivity contribution is 5.72. The number of hydrogen-bond acceptors (Lipinski definition) is 4. The fourth-order valence-electron chi connectivity index (χ4n) is 1.50. The summed E-state index contributed by atoms with van der Waals surface area (Å²) in [5.41, 5.74) is 6.31. The average molecular weight is 244 g/mol. The maximum Gasteiger partial charge on any atom is 0.310 e. The zero-order chi connectivity index (χ0) is 13.0. The Bertz CT molecular complexity index is 422. The van der Waals surface area contributed by atoms with E-state index >= 15 is 0 Å². The van der Waals surface area contributed by atoms with Crippen molar-refractivity contribution in [2.24, 2.45) is 5.73 Å². The standard InChI is InChI=1S/C11H14F2N2O2/c1-6-3-7(4-9(16)17-2)8(5-14)15-10(6)11(12)13/h3,11H,4-5,14H2,1-2H3. The Labute approximate surface area is 97.8 Å². The van der Waals surface area contributed by atoms with Crippen molar-refractivity contribution in [1.82, 2.24) is 4.98 Å².